The molecular weight excluding hydrogens is 564 g/mol. The number of carbonyl (C=O) groups is 4. The highest BCUT2D eigenvalue weighted by molar-refractivity contribution is 5.92. The molecule has 2 heterocycles. The Morgan fingerprint density at radius 1 is 0.636 bits per heavy atom. The Morgan fingerprint density at radius 3 is 1.36 bits per heavy atom. The lowest BCUT2D eigenvalue weighted by Crippen LogP contribution is -2.57. The Kier molecular flexibility index (Phi) is 9.51. The highest BCUT2D eigenvalue weighted by atomic mass is 16.6. The SMILES string of the molecule is CC(C)(C)OC(=O)N[C@@H](Cc1c[nH]c2ccccc12)C(=O)NNC(=O)[C@@H](Cc1c[nH]c2ccccc12)NC(=O)OC(C)(C)C. The molecule has 4 aromatic rings. The fraction of sp³-hybridized carbons (Fsp3) is 0.375. The maximum absolute atomic E-state index is 13.4. The van der Waals surface area contributed by atoms with Crippen molar-refractivity contribution < 1.29 is 28.7 Å². The van der Waals surface area contributed by atoms with Crippen LogP contribution in [0.2, 0.25) is 0 Å². The molecule has 2 aromatic carbocycles. The molecule has 4 rings (SSSR count). The summed E-state index contributed by atoms with van der Waals surface area (Å²) in [6, 6.07) is 12.9. The van der Waals surface area contributed by atoms with Crippen LogP contribution in [0.25, 0.3) is 21.8 Å². The van der Waals surface area contributed by atoms with Gasteiger partial charge in [0.25, 0.3) is 11.8 Å². The topological polar surface area (TPSA) is 166 Å². The van der Waals surface area contributed by atoms with Crippen LogP contribution in [0.4, 0.5) is 9.59 Å². The highest BCUT2D eigenvalue weighted by Gasteiger charge is 2.29. The normalized spacial score (nSPS) is 13.1. The van der Waals surface area contributed by atoms with Crippen molar-refractivity contribution >= 4 is 45.8 Å². The number of aromatic nitrogens is 2. The number of fused-ring (bicyclic) bond motifs is 2. The smallest absolute Gasteiger partial charge is 0.408 e. The summed E-state index contributed by atoms with van der Waals surface area (Å²) in [5.41, 5.74) is 6.56. The van der Waals surface area contributed by atoms with Gasteiger partial charge in [0.15, 0.2) is 0 Å². The monoisotopic (exact) mass is 604 g/mol. The lowest BCUT2D eigenvalue weighted by Gasteiger charge is -2.25. The molecule has 0 bridgehead atoms. The first-order chi connectivity index (χ1) is 20.7. The summed E-state index contributed by atoms with van der Waals surface area (Å²) in [7, 11) is 0. The number of amides is 4. The van der Waals surface area contributed by atoms with Crippen LogP contribution >= 0.6 is 0 Å². The fourth-order valence-electron chi connectivity index (χ4n) is 4.66. The maximum atomic E-state index is 13.4. The standard InChI is InChI=1S/C32H40N6O6/c1-31(2,3)43-29(41)35-25(15-19-17-33-23-13-9-7-11-21(19)23)27(39)37-38-28(40)26(36-30(42)44-32(4,5)6)16-20-18-34-24-14-10-8-12-22(20)24/h7-14,17-18,25-26,33-34H,15-16H2,1-6H3,(H,35,41)(H,36,42)(H,37,39)(H,38,40)/t25-,26+. The maximum Gasteiger partial charge on any atom is 0.408 e. The molecule has 0 aliphatic carbocycles. The third kappa shape index (κ3) is 8.76. The van der Waals surface area contributed by atoms with E-state index in [4.69, 9.17) is 9.47 Å². The summed E-state index contributed by atoms with van der Waals surface area (Å²) in [4.78, 5) is 58.5. The first-order valence-corrected chi connectivity index (χ1v) is 14.4. The number of para-hydroxylation sites is 2. The van der Waals surface area contributed by atoms with E-state index >= 15 is 0 Å². The second-order valence-corrected chi connectivity index (χ2v) is 12.5. The quantitative estimate of drug-likeness (QED) is 0.163. The number of hydrazine groups is 1. The molecule has 0 aliphatic rings. The molecule has 2 aromatic heterocycles. The number of carbonyl (C=O) groups excluding carboxylic acids is 4. The zero-order valence-electron chi connectivity index (χ0n) is 25.8. The number of alkyl carbamates (subject to hydrolysis) is 2. The van der Waals surface area contributed by atoms with E-state index in [0.717, 1.165) is 32.9 Å². The molecule has 0 spiro atoms. The number of H-pyrrole nitrogens is 2. The molecule has 0 radical (unpaired) electrons. The Labute approximate surface area is 255 Å². The lowest BCUT2D eigenvalue weighted by molar-refractivity contribution is -0.131. The average molecular weight is 605 g/mol. The molecule has 4 amide bonds. The number of rotatable bonds is 8. The van der Waals surface area contributed by atoms with E-state index in [0.29, 0.717) is 0 Å². The van der Waals surface area contributed by atoms with E-state index in [1.54, 1.807) is 53.9 Å². The van der Waals surface area contributed by atoms with Crippen LogP contribution in [0.1, 0.15) is 52.7 Å². The molecule has 0 aliphatic heterocycles. The zero-order valence-corrected chi connectivity index (χ0v) is 25.8. The average Bonchev–Trinajstić information content (AvgIpc) is 3.53. The fourth-order valence-corrected chi connectivity index (χ4v) is 4.66. The summed E-state index contributed by atoms with van der Waals surface area (Å²) < 4.78 is 10.8. The first-order valence-electron chi connectivity index (χ1n) is 14.4. The molecule has 0 fully saturated rings. The van der Waals surface area contributed by atoms with E-state index in [1.807, 2.05) is 48.5 Å². The second kappa shape index (κ2) is 13.1. The van der Waals surface area contributed by atoms with Crippen LogP contribution in [0.3, 0.4) is 0 Å². The third-order valence-corrected chi connectivity index (χ3v) is 6.52. The van der Waals surface area contributed by atoms with Gasteiger partial charge in [-0.15, -0.1) is 0 Å². The number of hydrogen-bond acceptors (Lipinski definition) is 6. The van der Waals surface area contributed by atoms with Crippen molar-refractivity contribution in [3.63, 3.8) is 0 Å². The summed E-state index contributed by atoms with van der Waals surface area (Å²) in [5, 5.41) is 7.00. The first kappa shape index (κ1) is 31.9. The number of nitrogens with one attached hydrogen (secondary N) is 6. The zero-order chi connectivity index (χ0) is 32.1. The summed E-state index contributed by atoms with van der Waals surface area (Å²) in [6.07, 6.45) is 2.19. The minimum Gasteiger partial charge on any atom is -0.444 e. The lowest BCUT2D eigenvalue weighted by atomic mass is 10.0. The molecule has 12 heteroatoms. The third-order valence-electron chi connectivity index (χ3n) is 6.52. The van der Waals surface area contributed by atoms with Gasteiger partial charge in [0, 0.05) is 47.0 Å². The number of hydrogen-bond donors (Lipinski definition) is 6. The van der Waals surface area contributed by atoms with Crippen LogP contribution in [-0.4, -0.2) is 57.3 Å². The minimum absolute atomic E-state index is 0.111. The van der Waals surface area contributed by atoms with Crippen molar-refractivity contribution in [3.8, 4) is 0 Å². The molecule has 2 atom stereocenters. The van der Waals surface area contributed by atoms with Gasteiger partial charge in [0.2, 0.25) is 0 Å². The van der Waals surface area contributed by atoms with E-state index in [1.165, 1.54) is 0 Å². The van der Waals surface area contributed by atoms with Crippen LogP contribution in [0.15, 0.2) is 60.9 Å². The van der Waals surface area contributed by atoms with Crippen molar-refractivity contribution in [1.82, 2.24) is 31.5 Å². The van der Waals surface area contributed by atoms with Gasteiger partial charge < -0.3 is 30.1 Å². The van der Waals surface area contributed by atoms with Gasteiger partial charge in [-0.05, 0) is 64.8 Å². The Bertz CT molecular complexity index is 1520. The Morgan fingerprint density at radius 2 is 1.00 bits per heavy atom. The van der Waals surface area contributed by atoms with Crippen LogP contribution in [0, 0.1) is 0 Å². The van der Waals surface area contributed by atoms with Crippen LogP contribution in [0.5, 0.6) is 0 Å². The van der Waals surface area contributed by atoms with Crippen molar-refractivity contribution in [2.45, 2.75) is 77.7 Å². The van der Waals surface area contributed by atoms with Gasteiger partial charge in [-0.25, -0.2) is 9.59 Å². The number of benzene rings is 2. The largest absolute Gasteiger partial charge is 0.444 e. The van der Waals surface area contributed by atoms with Crippen molar-refractivity contribution in [1.29, 1.82) is 0 Å². The van der Waals surface area contributed by atoms with Gasteiger partial charge in [-0.3, -0.25) is 20.4 Å². The molecule has 6 N–H and O–H groups in total. The Hall–Kier alpha value is -5.00. The molecular formula is C32H40N6O6. The van der Waals surface area contributed by atoms with Gasteiger partial charge in [0.05, 0.1) is 0 Å². The Balaban J connectivity index is 1.51. The van der Waals surface area contributed by atoms with Crippen molar-refractivity contribution in [2.24, 2.45) is 0 Å². The van der Waals surface area contributed by atoms with E-state index in [2.05, 4.69) is 31.5 Å². The summed E-state index contributed by atoms with van der Waals surface area (Å²) >= 11 is 0. The predicted octanol–water partition coefficient (Wildman–Crippen LogP) is 4.37. The van der Waals surface area contributed by atoms with E-state index < -0.39 is 47.3 Å². The molecule has 0 unspecified atom stereocenters. The van der Waals surface area contributed by atoms with Gasteiger partial charge in [-0.1, -0.05) is 36.4 Å². The van der Waals surface area contributed by atoms with E-state index in [9.17, 15) is 19.2 Å². The summed E-state index contributed by atoms with van der Waals surface area (Å²) in [5.74, 6) is -1.37. The molecule has 12 nitrogen and oxygen atoms in total. The van der Waals surface area contributed by atoms with Gasteiger partial charge in [-0.2, -0.15) is 0 Å². The van der Waals surface area contributed by atoms with Crippen molar-refractivity contribution in [2.75, 3.05) is 0 Å². The van der Waals surface area contributed by atoms with Crippen LogP contribution < -0.4 is 21.5 Å². The number of aromatic amines is 2. The van der Waals surface area contributed by atoms with Gasteiger partial charge >= 0.3 is 12.2 Å². The predicted molar refractivity (Wildman–Crippen MR) is 167 cm³/mol. The minimum atomic E-state index is -1.10. The van der Waals surface area contributed by atoms with Gasteiger partial charge in [0.1, 0.15) is 23.3 Å². The van der Waals surface area contributed by atoms with Crippen LogP contribution in [-0.2, 0) is 31.9 Å². The van der Waals surface area contributed by atoms with Crippen molar-refractivity contribution in [3.05, 3.63) is 72.1 Å². The molecule has 0 saturated heterocycles. The molecule has 234 valence electrons. The van der Waals surface area contributed by atoms with E-state index in [-0.39, 0.29) is 12.8 Å². The molecule has 0 saturated carbocycles. The second-order valence-electron chi connectivity index (χ2n) is 12.5. The molecule has 44 heavy (non-hydrogen) atoms. The summed E-state index contributed by atoms with van der Waals surface area (Å²) in [6.45, 7) is 10.3. The highest BCUT2D eigenvalue weighted by Crippen LogP contribution is 2.21. The number of ether oxygens (including phenoxy) is 2.